The fraction of sp³-hybridized carbons (Fsp3) is 0.167. The summed E-state index contributed by atoms with van der Waals surface area (Å²) in [6.07, 6.45) is 7.07. The van der Waals surface area contributed by atoms with E-state index in [0.29, 0.717) is 29.7 Å². The summed E-state index contributed by atoms with van der Waals surface area (Å²) in [5.74, 6) is 2.01. The van der Waals surface area contributed by atoms with Crippen LogP contribution in [0.4, 0.5) is 17.5 Å². The van der Waals surface area contributed by atoms with Crippen LogP contribution in [0.15, 0.2) is 55.2 Å². The van der Waals surface area contributed by atoms with E-state index in [9.17, 15) is 0 Å². The molecular weight excluding hydrogens is 436 g/mol. The minimum Gasteiger partial charge on any atom is -0.383 e. The van der Waals surface area contributed by atoms with Crippen LogP contribution < -0.4 is 16.4 Å². The van der Waals surface area contributed by atoms with Crippen molar-refractivity contribution in [3.63, 3.8) is 0 Å². The molecule has 0 bridgehead atoms. The second-order valence-corrected chi connectivity index (χ2v) is 8.37. The fourth-order valence-electron chi connectivity index (χ4n) is 4.02. The van der Waals surface area contributed by atoms with Gasteiger partial charge in [0.2, 0.25) is 0 Å². The Morgan fingerprint density at radius 2 is 1.73 bits per heavy atom. The number of fused-ring (bicyclic) bond motifs is 2. The molecule has 0 aliphatic heterocycles. The van der Waals surface area contributed by atoms with Crippen LogP contribution in [0.3, 0.4) is 0 Å². The van der Waals surface area contributed by atoms with E-state index in [1.807, 2.05) is 41.1 Å². The molecule has 0 amide bonds. The van der Waals surface area contributed by atoms with Gasteiger partial charge in [0.1, 0.15) is 29.4 Å². The van der Waals surface area contributed by atoms with Gasteiger partial charge in [-0.15, -0.1) is 0 Å². The molecule has 0 unspecified atom stereocenters. The van der Waals surface area contributed by atoms with Crippen LogP contribution in [0.1, 0.15) is 22.4 Å². The Morgan fingerprint density at radius 3 is 2.55 bits per heavy atom. The van der Waals surface area contributed by atoms with Crippen LogP contribution in [-0.2, 0) is 13.1 Å². The first kappa shape index (κ1) is 21.0. The number of nitrogens with one attached hydrogen (secondary N) is 2. The zero-order valence-corrected chi connectivity index (χ0v) is 19.1. The van der Waals surface area contributed by atoms with Crippen molar-refractivity contribution in [2.24, 2.45) is 0 Å². The van der Waals surface area contributed by atoms with Gasteiger partial charge in [0.25, 0.3) is 0 Å². The Bertz CT molecular complexity index is 1480. The van der Waals surface area contributed by atoms with E-state index < -0.39 is 0 Å². The van der Waals surface area contributed by atoms with E-state index in [-0.39, 0.29) is 0 Å². The minimum atomic E-state index is 0.536. The van der Waals surface area contributed by atoms with Crippen molar-refractivity contribution in [2.45, 2.75) is 26.9 Å². The standard InChI is InChI=1S/C24H23ClN8/c1-14-7-19-18(5-6-27-24(19)26)15(2)20(14)10-29-22-8-21(30-13-31-22)28-9-17-12-33-11-16(25)3-4-23(33)32-17/h3-8,11-13H,9-10H2,1-2H3,(H2,26,27)(H2,28,29,30,31). The summed E-state index contributed by atoms with van der Waals surface area (Å²) >= 11 is 6.05. The van der Waals surface area contributed by atoms with Gasteiger partial charge in [-0.1, -0.05) is 11.6 Å². The van der Waals surface area contributed by atoms with Crippen molar-refractivity contribution in [1.82, 2.24) is 24.3 Å². The summed E-state index contributed by atoms with van der Waals surface area (Å²) in [6, 6.07) is 9.70. The van der Waals surface area contributed by atoms with Crippen LogP contribution in [-0.4, -0.2) is 24.3 Å². The zero-order valence-electron chi connectivity index (χ0n) is 18.3. The predicted octanol–water partition coefficient (Wildman–Crippen LogP) is 4.75. The third-order valence-electron chi connectivity index (χ3n) is 5.74. The highest BCUT2D eigenvalue weighted by Crippen LogP contribution is 2.28. The number of imidazole rings is 1. The molecule has 5 rings (SSSR count). The number of hydrogen-bond acceptors (Lipinski definition) is 7. The highest BCUT2D eigenvalue weighted by atomic mass is 35.5. The van der Waals surface area contributed by atoms with Crippen molar-refractivity contribution >= 4 is 45.5 Å². The van der Waals surface area contributed by atoms with Gasteiger partial charge in [0.15, 0.2) is 0 Å². The van der Waals surface area contributed by atoms with Gasteiger partial charge in [0.05, 0.1) is 17.3 Å². The average Bonchev–Trinajstić information content (AvgIpc) is 3.21. The number of benzene rings is 1. The van der Waals surface area contributed by atoms with Crippen molar-refractivity contribution in [3.05, 3.63) is 82.7 Å². The summed E-state index contributed by atoms with van der Waals surface area (Å²) in [7, 11) is 0. The summed E-state index contributed by atoms with van der Waals surface area (Å²) in [5, 5.41) is 9.49. The first-order chi connectivity index (χ1) is 16.0. The first-order valence-corrected chi connectivity index (χ1v) is 10.9. The molecule has 0 aliphatic carbocycles. The van der Waals surface area contributed by atoms with Crippen LogP contribution in [0.25, 0.3) is 16.4 Å². The lowest BCUT2D eigenvalue weighted by molar-refractivity contribution is 1.03. The molecule has 4 heterocycles. The van der Waals surface area contributed by atoms with E-state index in [2.05, 4.69) is 50.5 Å². The van der Waals surface area contributed by atoms with Crippen LogP contribution in [0.2, 0.25) is 5.02 Å². The quantitative estimate of drug-likeness (QED) is 0.337. The zero-order chi connectivity index (χ0) is 22.9. The first-order valence-electron chi connectivity index (χ1n) is 10.5. The highest BCUT2D eigenvalue weighted by molar-refractivity contribution is 6.30. The third kappa shape index (κ3) is 4.25. The van der Waals surface area contributed by atoms with Crippen molar-refractivity contribution in [2.75, 3.05) is 16.4 Å². The fourth-order valence-corrected chi connectivity index (χ4v) is 4.18. The van der Waals surface area contributed by atoms with E-state index in [4.69, 9.17) is 17.3 Å². The van der Waals surface area contributed by atoms with Crippen molar-refractivity contribution in [3.8, 4) is 0 Å². The number of aryl methyl sites for hydroxylation is 2. The maximum Gasteiger partial charge on any atom is 0.137 e. The molecule has 0 aliphatic rings. The molecule has 0 fully saturated rings. The minimum absolute atomic E-state index is 0.536. The van der Waals surface area contributed by atoms with Gasteiger partial charge in [-0.3, -0.25) is 0 Å². The molecular formula is C24H23ClN8. The average molecular weight is 459 g/mol. The van der Waals surface area contributed by atoms with Crippen molar-refractivity contribution < 1.29 is 0 Å². The molecule has 4 aromatic heterocycles. The monoisotopic (exact) mass is 458 g/mol. The van der Waals surface area contributed by atoms with Crippen LogP contribution in [0, 0.1) is 13.8 Å². The van der Waals surface area contributed by atoms with Gasteiger partial charge in [-0.25, -0.2) is 19.9 Å². The van der Waals surface area contributed by atoms with Crippen molar-refractivity contribution in [1.29, 1.82) is 0 Å². The number of nitrogen functional groups attached to an aromatic ring is 1. The molecule has 4 N–H and O–H groups in total. The van der Waals surface area contributed by atoms with E-state index in [1.165, 1.54) is 11.1 Å². The summed E-state index contributed by atoms with van der Waals surface area (Å²) < 4.78 is 1.91. The Kier molecular flexibility index (Phi) is 5.43. The largest absolute Gasteiger partial charge is 0.383 e. The molecule has 0 saturated carbocycles. The topological polar surface area (TPSA) is 106 Å². The number of hydrogen-bond donors (Lipinski definition) is 3. The lowest BCUT2D eigenvalue weighted by Crippen LogP contribution is -2.08. The van der Waals surface area contributed by atoms with Gasteiger partial charge >= 0.3 is 0 Å². The molecule has 5 aromatic rings. The number of rotatable bonds is 6. The second kappa shape index (κ2) is 8.55. The van der Waals surface area contributed by atoms with Gasteiger partial charge in [-0.2, -0.15) is 0 Å². The van der Waals surface area contributed by atoms with Gasteiger partial charge in [0, 0.05) is 36.6 Å². The number of aromatic nitrogens is 5. The smallest absolute Gasteiger partial charge is 0.137 e. The molecule has 1 aromatic carbocycles. The maximum atomic E-state index is 6.06. The SMILES string of the molecule is Cc1cc2c(N)nccc2c(C)c1CNc1cc(NCc2cn3cc(Cl)ccc3n2)ncn1. The molecule has 166 valence electrons. The summed E-state index contributed by atoms with van der Waals surface area (Å²) in [5.41, 5.74) is 11.4. The Labute approximate surface area is 195 Å². The van der Waals surface area contributed by atoms with Gasteiger partial charge in [-0.05, 0) is 60.2 Å². The molecule has 0 atom stereocenters. The Hall–Kier alpha value is -3.91. The third-order valence-corrected chi connectivity index (χ3v) is 5.97. The summed E-state index contributed by atoms with van der Waals surface area (Å²) in [4.78, 5) is 17.5. The molecule has 0 spiro atoms. The molecule has 0 saturated heterocycles. The van der Waals surface area contributed by atoms with Crippen LogP contribution >= 0.6 is 11.6 Å². The van der Waals surface area contributed by atoms with E-state index in [1.54, 1.807) is 12.5 Å². The number of halogens is 1. The van der Waals surface area contributed by atoms with Gasteiger partial charge < -0.3 is 20.8 Å². The number of nitrogens with two attached hydrogens (primary N) is 1. The molecule has 0 radical (unpaired) electrons. The Balaban J connectivity index is 1.29. The lowest BCUT2D eigenvalue weighted by Gasteiger charge is -2.15. The maximum absolute atomic E-state index is 6.06. The van der Waals surface area contributed by atoms with Crippen LogP contribution in [0.5, 0.6) is 0 Å². The lowest BCUT2D eigenvalue weighted by atomic mass is 9.96. The molecule has 9 heteroatoms. The highest BCUT2D eigenvalue weighted by Gasteiger charge is 2.11. The second-order valence-electron chi connectivity index (χ2n) is 7.93. The number of anilines is 3. The normalized spacial score (nSPS) is 11.2. The predicted molar refractivity (Wildman–Crippen MR) is 133 cm³/mol. The Morgan fingerprint density at radius 1 is 0.939 bits per heavy atom. The number of pyridine rings is 2. The molecule has 8 nitrogen and oxygen atoms in total. The van der Waals surface area contributed by atoms with E-state index in [0.717, 1.165) is 33.5 Å². The number of nitrogens with zero attached hydrogens (tertiary/aromatic N) is 5. The molecule has 33 heavy (non-hydrogen) atoms. The van der Waals surface area contributed by atoms with E-state index >= 15 is 0 Å². The summed E-state index contributed by atoms with van der Waals surface area (Å²) in [6.45, 7) is 5.37.